The Kier molecular flexibility index (Phi) is 5.42. The summed E-state index contributed by atoms with van der Waals surface area (Å²) in [4.78, 5) is 17.1. The third kappa shape index (κ3) is 4.40. The van der Waals surface area contributed by atoms with Crippen molar-refractivity contribution in [3.63, 3.8) is 0 Å². The molecule has 2 heterocycles. The van der Waals surface area contributed by atoms with E-state index < -0.39 is 17.2 Å². The van der Waals surface area contributed by atoms with Crippen molar-refractivity contribution < 1.29 is 18.7 Å². The third-order valence-corrected chi connectivity index (χ3v) is 5.02. The highest BCUT2D eigenvalue weighted by molar-refractivity contribution is 5.95. The van der Waals surface area contributed by atoms with E-state index in [0.717, 1.165) is 12.8 Å². The van der Waals surface area contributed by atoms with Crippen LogP contribution in [0.4, 0.5) is 14.9 Å². The lowest BCUT2D eigenvalue weighted by Gasteiger charge is -2.41. The molecule has 1 aromatic rings. The smallest absolute Gasteiger partial charge is 0.413 e. The molecular weight excluding hydrogens is 349 g/mol. The van der Waals surface area contributed by atoms with Crippen LogP contribution in [0.2, 0.25) is 0 Å². The van der Waals surface area contributed by atoms with E-state index in [1.54, 1.807) is 32.9 Å². The van der Waals surface area contributed by atoms with E-state index in [-0.39, 0.29) is 11.7 Å². The predicted molar refractivity (Wildman–Crippen MR) is 102 cm³/mol. The van der Waals surface area contributed by atoms with E-state index in [1.807, 2.05) is 0 Å². The van der Waals surface area contributed by atoms with Gasteiger partial charge < -0.3 is 15.2 Å². The normalized spacial score (nSPS) is 25.8. The number of carbonyl (C=O) groups excluding carboxylic acids is 1. The Morgan fingerprint density at radius 3 is 2.96 bits per heavy atom. The molecule has 0 bridgehead atoms. The number of rotatable bonds is 1. The number of nitrogens with zero attached hydrogens (tertiary/aromatic N) is 1. The number of benzene rings is 1. The zero-order valence-electron chi connectivity index (χ0n) is 16.2. The highest BCUT2D eigenvalue weighted by Crippen LogP contribution is 2.46. The number of anilines is 1. The molecule has 2 aliphatic heterocycles. The van der Waals surface area contributed by atoms with Gasteiger partial charge in [-0.3, -0.25) is 10.3 Å². The first kappa shape index (κ1) is 19.6. The molecule has 0 radical (unpaired) electrons. The zero-order valence-corrected chi connectivity index (χ0v) is 16.2. The second-order valence-electron chi connectivity index (χ2n) is 8.26. The Morgan fingerprint density at radius 2 is 2.22 bits per heavy atom. The van der Waals surface area contributed by atoms with E-state index in [1.165, 1.54) is 6.07 Å². The first-order valence-electron chi connectivity index (χ1n) is 9.41. The van der Waals surface area contributed by atoms with Crippen LogP contribution < -0.4 is 11.1 Å². The van der Waals surface area contributed by atoms with Crippen molar-refractivity contribution in [1.29, 1.82) is 0 Å². The van der Waals surface area contributed by atoms with Gasteiger partial charge in [-0.05, 0) is 51.8 Å². The van der Waals surface area contributed by atoms with Gasteiger partial charge in [0.1, 0.15) is 17.3 Å². The number of ether oxygens (including phenoxy) is 2. The highest BCUT2D eigenvalue weighted by atomic mass is 19.1. The lowest BCUT2D eigenvalue weighted by molar-refractivity contribution is -0.00268. The van der Waals surface area contributed by atoms with Gasteiger partial charge in [-0.2, -0.15) is 0 Å². The predicted octanol–water partition coefficient (Wildman–Crippen LogP) is 3.75. The SMILES string of the molecule is CC(C)(C)OC(=O)NC1=N[C@@]2(c3cc(N)ccc3F)CCOC[C@@H]2CCC1. The molecule has 0 unspecified atom stereocenters. The summed E-state index contributed by atoms with van der Waals surface area (Å²) in [5, 5.41) is 2.77. The molecule has 1 amide bonds. The Labute approximate surface area is 159 Å². The van der Waals surface area contributed by atoms with E-state index in [4.69, 9.17) is 20.2 Å². The lowest BCUT2D eigenvalue weighted by atomic mass is 9.73. The topological polar surface area (TPSA) is 85.9 Å². The molecule has 7 heteroatoms. The second-order valence-corrected chi connectivity index (χ2v) is 8.26. The molecule has 2 atom stereocenters. The maximum Gasteiger partial charge on any atom is 0.413 e. The van der Waals surface area contributed by atoms with Gasteiger partial charge >= 0.3 is 6.09 Å². The Morgan fingerprint density at radius 1 is 1.44 bits per heavy atom. The summed E-state index contributed by atoms with van der Waals surface area (Å²) in [7, 11) is 0. The highest BCUT2D eigenvalue weighted by Gasteiger charge is 2.46. The molecule has 3 N–H and O–H groups in total. The van der Waals surface area contributed by atoms with Crippen molar-refractivity contribution >= 4 is 17.6 Å². The monoisotopic (exact) mass is 377 g/mol. The van der Waals surface area contributed by atoms with Crippen LogP contribution in [0.1, 0.15) is 52.0 Å². The van der Waals surface area contributed by atoms with E-state index in [0.29, 0.717) is 43.1 Å². The van der Waals surface area contributed by atoms with Crippen LogP contribution in [0.15, 0.2) is 23.2 Å². The van der Waals surface area contributed by atoms with Gasteiger partial charge in [-0.1, -0.05) is 0 Å². The summed E-state index contributed by atoms with van der Waals surface area (Å²) in [5.41, 5.74) is 5.51. The average molecular weight is 377 g/mol. The van der Waals surface area contributed by atoms with Crippen LogP contribution in [0.3, 0.4) is 0 Å². The van der Waals surface area contributed by atoms with Crippen molar-refractivity contribution in [3.8, 4) is 0 Å². The van der Waals surface area contributed by atoms with Crippen LogP contribution in [0, 0.1) is 11.7 Å². The molecule has 0 aliphatic carbocycles. The number of hydrogen-bond acceptors (Lipinski definition) is 5. The summed E-state index contributed by atoms with van der Waals surface area (Å²) < 4.78 is 25.8. The number of amidine groups is 1. The molecule has 27 heavy (non-hydrogen) atoms. The number of nitrogens with two attached hydrogens (primary N) is 1. The third-order valence-electron chi connectivity index (χ3n) is 5.02. The fourth-order valence-corrected chi connectivity index (χ4v) is 3.88. The molecular formula is C20H28FN3O3. The Bertz CT molecular complexity index is 744. The molecule has 0 saturated carbocycles. The van der Waals surface area contributed by atoms with Gasteiger partial charge in [0.05, 0.1) is 12.1 Å². The number of carbonyl (C=O) groups is 1. The zero-order chi connectivity index (χ0) is 19.7. The molecule has 1 aromatic carbocycles. The summed E-state index contributed by atoms with van der Waals surface area (Å²) in [6.45, 7) is 6.41. The second kappa shape index (κ2) is 7.46. The minimum absolute atomic E-state index is 0.0282. The summed E-state index contributed by atoms with van der Waals surface area (Å²) in [6.07, 6.45) is 2.25. The number of hydrogen-bond donors (Lipinski definition) is 2. The summed E-state index contributed by atoms with van der Waals surface area (Å²) in [6, 6.07) is 4.59. The first-order valence-corrected chi connectivity index (χ1v) is 9.41. The molecule has 1 fully saturated rings. The summed E-state index contributed by atoms with van der Waals surface area (Å²) >= 11 is 0. The van der Waals surface area contributed by atoms with Crippen LogP contribution >= 0.6 is 0 Å². The molecule has 6 nitrogen and oxygen atoms in total. The van der Waals surface area contributed by atoms with Crippen LogP contribution in [0.5, 0.6) is 0 Å². The first-order chi connectivity index (χ1) is 12.7. The molecule has 2 aliphatic rings. The number of alkyl carbamates (subject to hydrolysis) is 1. The molecule has 148 valence electrons. The molecule has 1 saturated heterocycles. The maximum absolute atomic E-state index is 14.8. The number of amides is 1. The van der Waals surface area contributed by atoms with Gasteiger partial charge in [0.15, 0.2) is 0 Å². The number of halogens is 1. The average Bonchev–Trinajstić information content (AvgIpc) is 2.74. The number of aliphatic imine (C=N–C) groups is 1. The fraction of sp³-hybridized carbons (Fsp3) is 0.600. The molecule has 3 rings (SSSR count). The van der Waals surface area contributed by atoms with Crippen molar-refractivity contribution in [2.75, 3.05) is 18.9 Å². The molecule has 0 aromatic heterocycles. The summed E-state index contributed by atoms with van der Waals surface area (Å²) in [5.74, 6) is 0.217. The number of fused-ring (bicyclic) bond motifs is 1. The lowest BCUT2D eigenvalue weighted by Crippen LogP contribution is -2.43. The van der Waals surface area contributed by atoms with Gasteiger partial charge in [0.25, 0.3) is 0 Å². The van der Waals surface area contributed by atoms with Gasteiger partial charge in [0, 0.05) is 36.6 Å². The van der Waals surface area contributed by atoms with Gasteiger partial charge in [-0.15, -0.1) is 0 Å². The van der Waals surface area contributed by atoms with E-state index in [9.17, 15) is 9.18 Å². The van der Waals surface area contributed by atoms with Crippen molar-refractivity contribution in [1.82, 2.24) is 5.32 Å². The number of nitrogens with one attached hydrogen (secondary N) is 1. The Balaban J connectivity index is 1.99. The fourth-order valence-electron chi connectivity index (χ4n) is 3.88. The molecule has 0 spiro atoms. The standard InChI is InChI=1S/C20H28FN3O3/c1-19(2,3)27-18(25)23-17-6-4-5-13-12-26-10-9-20(13,24-17)15-11-14(22)7-8-16(15)21/h7-8,11,13H,4-6,9-10,12,22H2,1-3H3,(H,23,24,25)/t13-,20-/m0/s1. The van der Waals surface area contributed by atoms with E-state index >= 15 is 0 Å². The van der Waals surface area contributed by atoms with Gasteiger partial charge in [0.2, 0.25) is 0 Å². The maximum atomic E-state index is 14.8. The van der Waals surface area contributed by atoms with E-state index in [2.05, 4.69) is 5.32 Å². The van der Waals surface area contributed by atoms with Gasteiger partial charge in [-0.25, -0.2) is 9.18 Å². The quantitative estimate of drug-likeness (QED) is 0.730. The van der Waals surface area contributed by atoms with Crippen LogP contribution in [0.25, 0.3) is 0 Å². The van der Waals surface area contributed by atoms with Crippen molar-refractivity contribution in [3.05, 3.63) is 29.6 Å². The number of nitrogen functional groups attached to an aromatic ring is 1. The minimum atomic E-state index is -0.793. The van der Waals surface area contributed by atoms with Crippen molar-refractivity contribution in [2.24, 2.45) is 10.9 Å². The largest absolute Gasteiger partial charge is 0.444 e. The van der Waals surface area contributed by atoms with Crippen LogP contribution in [-0.2, 0) is 15.0 Å². The Hall–Kier alpha value is -2.15. The van der Waals surface area contributed by atoms with Crippen LogP contribution in [-0.4, -0.2) is 30.7 Å². The van der Waals surface area contributed by atoms with Crippen molar-refractivity contribution in [2.45, 2.75) is 57.6 Å². The minimum Gasteiger partial charge on any atom is -0.444 e.